The number of nitrogens with one attached hydrogen (secondary N) is 4. The van der Waals surface area contributed by atoms with Gasteiger partial charge in [0.25, 0.3) is 0 Å². The molecule has 0 radical (unpaired) electrons. The van der Waals surface area contributed by atoms with Crippen LogP contribution in [0.4, 0.5) is 0 Å². The lowest BCUT2D eigenvalue weighted by Gasteiger charge is -2.24. The molecule has 11 nitrogen and oxygen atoms in total. The second-order valence-corrected chi connectivity index (χ2v) is 8.29. The van der Waals surface area contributed by atoms with Crippen LogP contribution >= 0.6 is 0 Å². The zero-order valence-corrected chi connectivity index (χ0v) is 20.0. The molecule has 3 atom stereocenters. The smallest absolute Gasteiger partial charge is 0.243 e. The van der Waals surface area contributed by atoms with E-state index in [-0.39, 0.29) is 13.0 Å². The first-order valence-electron chi connectivity index (χ1n) is 11.7. The van der Waals surface area contributed by atoms with E-state index in [4.69, 9.17) is 11.5 Å². The van der Waals surface area contributed by atoms with E-state index in [1.807, 2.05) is 30.3 Å². The van der Waals surface area contributed by atoms with Gasteiger partial charge in [0.15, 0.2) is 0 Å². The molecule has 2 rings (SSSR count). The molecule has 0 unspecified atom stereocenters. The summed E-state index contributed by atoms with van der Waals surface area (Å²) in [6.45, 7) is 1.96. The molecule has 0 aliphatic heterocycles. The van der Waals surface area contributed by atoms with Crippen molar-refractivity contribution in [3.05, 3.63) is 53.6 Å². The molecule has 0 aliphatic rings. The van der Waals surface area contributed by atoms with Crippen molar-refractivity contribution in [3.8, 4) is 0 Å². The summed E-state index contributed by atoms with van der Waals surface area (Å²) in [5.41, 5.74) is 13.3. The Morgan fingerprint density at radius 3 is 2.31 bits per heavy atom. The maximum Gasteiger partial charge on any atom is 0.243 e. The highest BCUT2D eigenvalue weighted by molar-refractivity contribution is 5.93. The van der Waals surface area contributed by atoms with Crippen molar-refractivity contribution in [2.45, 2.75) is 57.2 Å². The van der Waals surface area contributed by atoms with Crippen LogP contribution in [-0.4, -0.2) is 65.2 Å². The van der Waals surface area contributed by atoms with Crippen LogP contribution in [-0.2, 0) is 32.0 Å². The number of benzene rings is 1. The molecule has 0 aliphatic carbocycles. The van der Waals surface area contributed by atoms with Gasteiger partial charge in [-0.3, -0.25) is 14.4 Å². The number of aldehydes is 1. The Balaban J connectivity index is 2.13. The summed E-state index contributed by atoms with van der Waals surface area (Å²) >= 11 is 0. The number of amides is 3. The Morgan fingerprint density at radius 2 is 1.71 bits per heavy atom. The number of imidazole rings is 1. The highest BCUT2D eigenvalue weighted by atomic mass is 16.2. The standard InChI is InChI=1S/C24H35N7O4/c1-16-20(28-15-27-16)12-21(30-22(33)13-26)24(35)31-19(9-5-6-10-25)23(34)29-18(14-32)11-17-7-3-2-4-8-17/h2-4,7-8,14-15,18-19,21H,5-6,9-13,25-26H2,1H3,(H,27,28)(H,29,34)(H,30,33)(H,31,35)/t18-,19-,21-/m0/s1. The first kappa shape index (κ1) is 27.7. The molecule has 190 valence electrons. The van der Waals surface area contributed by atoms with Gasteiger partial charge in [-0.2, -0.15) is 0 Å². The monoisotopic (exact) mass is 485 g/mol. The number of H-pyrrole nitrogens is 1. The highest BCUT2D eigenvalue weighted by Gasteiger charge is 2.28. The minimum atomic E-state index is -0.982. The minimum absolute atomic E-state index is 0.120. The number of aryl methyl sites for hydroxylation is 1. The zero-order valence-electron chi connectivity index (χ0n) is 20.0. The summed E-state index contributed by atoms with van der Waals surface area (Å²) in [6, 6.07) is 6.66. The number of nitrogens with zero attached hydrogens (tertiary/aromatic N) is 1. The average Bonchev–Trinajstić information content (AvgIpc) is 3.27. The van der Waals surface area contributed by atoms with Crippen molar-refractivity contribution >= 4 is 24.0 Å². The van der Waals surface area contributed by atoms with Crippen LogP contribution in [0.2, 0.25) is 0 Å². The highest BCUT2D eigenvalue weighted by Crippen LogP contribution is 2.08. The molecule has 2 aromatic rings. The molecule has 1 aromatic heterocycles. The average molecular weight is 486 g/mol. The summed E-state index contributed by atoms with van der Waals surface area (Å²) in [6.07, 6.45) is 4.21. The van der Waals surface area contributed by atoms with Gasteiger partial charge in [0, 0.05) is 12.1 Å². The molecule has 1 heterocycles. The van der Waals surface area contributed by atoms with Crippen LogP contribution < -0.4 is 27.4 Å². The Morgan fingerprint density at radius 1 is 1.00 bits per heavy atom. The fraction of sp³-hybridized carbons (Fsp3) is 0.458. The molecule has 0 fully saturated rings. The van der Waals surface area contributed by atoms with E-state index in [0.717, 1.165) is 11.3 Å². The number of aromatic amines is 1. The van der Waals surface area contributed by atoms with Crippen LogP contribution in [0.15, 0.2) is 36.7 Å². The predicted octanol–water partition coefficient (Wildman–Crippen LogP) is -0.756. The van der Waals surface area contributed by atoms with Crippen LogP contribution in [0.1, 0.15) is 36.2 Å². The summed E-state index contributed by atoms with van der Waals surface area (Å²) in [7, 11) is 0. The fourth-order valence-electron chi connectivity index (χ4n) is 3.57. The molecule has 35 heavy (non-hydrogen) atoms. The first-order valence-corrected chi connectivity index (χ1v) is 11.7. The molecule has 3 amide bonds. The SMILES string of the molecule is Cc1[nH]cnc1C[C@H](NC(=O)CN)C(=O)N[C@@H](CCCCN)C(=O)N[C@H](C=O)Cc1ccccc1. The number of unbranched alkanes of at least 4 members (excludes halogenated alkanes) is 1. The van der Waals surface area contributed by atoms with E-state index >= 15 is 0 Å². The van der Waals surface area contributed by atoms with Crippen LogP contribution in [0.3, 0.4) is 0 Å². The van der Waals surface area contributed by atoms with Gasteiger partial charge >= 0.3 is 0 Å². The van der Waals surface area contributed by atoms with E-state index in [1.165, 1.54) is 6.33 Å². The van der Waals surface area contributed by atoms with Crippen LogP contribution in [0.25, 0.3) is 0 Å². The van der Waals surface area contributed by atoms with Crippen molar-refractivity contribution in [2.75, 3.05) is 13.1 Å². The van der Waals surface area contributed by atoms with Gasteiger partial charge in [-0.15, -0.1) is 0 Å². The van der Waals surface area contributed by atoms with Gasteiger partial charge in [-0.25, -0.2) is 4.98 Å². The van der Waals surface area contributed by atoms with E-state index in [0.29, 0.717) is 44.2 Å². The lowest BCUT2D eigenvalue weighted by atomic mass is 10.0. The number of nitrogens with two attached hydrogens (primary N) is 2. The maximum absolute atomic E-state index is 13.1. The van der Waals surface area contributed by atoms with Gasteiger partial charge < -0.3 is 37.2 Å². The van der Waals surface area contributed by atoms with Crippen molar-refractivity contribution in [1.82, 2.24) is 25.9 Å². The summed E-state index contributed by atoms with van der Waals surface area (Å²) in [4.78, 5) is 56.9. The second kappa shape index (κ2) is 14.6. The third kappa shape index (κ3) is 9.30. The summed E-state index contributed by atoms with van der Waals surface area (Å²) < 4.78 is 0. The Kier molecular flexibility index (Phi) is 11.6. The molecular formula is C24H35N7O4. The van der Waals surface area contributed by atoms with Gasteiger partial charge in [-0.05, 0) is 44.7 Å². The van der Waals surface area contributed by atoms with Crippen molar-refractivity contribution in [2.24, 2.45) is 11.5 Å². The number of hydrogen-bond acceptors (Lipinski definition) is 7. The summed E-state index contributed by atoms with van der Waals surface area (Å²) in [5, 5.41) is 8.04. The number of carbonyl (C=O) groups excluding carboxylic acids is 4. The van der Waals surface area contributed by atoms with Gasteiger partial charge in [-0.1, -0.05) is 30.3 Å². The maximum atomic E-state index is 13.1. The molecule has 0 spiro atoms. The molecular weight excluding hydrogens is 450 g/mol. The molecule has 11 heteroatoms. The van der Waals surface area contributed by atoms with Crippen molar-refractivity contribution in [1.29, 1.82) is 0 Å². The predicted molar refractivity (Wildman–Crippen MR) is 131 cm³/mol. The number of carbonyl (C=O) groups is 4. The van der Waals surface area contributed by atoms with E-state index in [9.17, 15) is 19.2 Å². The van der Waals surface area contributed by atoms with Crippen LogP contribution in [0.5, 0.6) is 0 Å². The Hall–Kier alpha value is -3.57. The molecule has 0 bridgehead atoms. The third-order valence-electron chi connectivity index (χ3n) is 5.54. The summed E-state index contributed by atoms with van der Waals surface area (Å²) in [5.74, 6) is -1.54. The molecule has 1 aromatic carbocycles. The fourth-order valence-corrected chi connectivity index (χ4v) is 3.57. The lowest BCUT2D eigenvalue weighted by Crippen LogP contribution is -2.56. The molecule has 0 saturated carbocycles. The third-order valence-corrected chi connectivity index (χ3v) is 5.54. The molecule has 8 N–H and O–H groups in total. The van der Waals surface area contributed by atoms with Gasteiger partial charge in [0.1, 0.15) is 18.4 Å². The Labute approximate surface area is 204 Å². The van der Waals surface area contributed by atoms with E-state index in [2.05, 4.69) is 25.9 Å². The van der Waals surface area contributed by atoms with Crippen molar-refractivity contribution in [3.63, 3.8) is 0 Å². The van der Waals surface area contributed by atoms with Crippen LogP contribution in [0, 0.1) is 6.92 Å². The quantitative estimate of drug-likeness (QED) is 0.141. The van der Waals surface area contributed by atoms with Crippen molar-refractivity contribution < 1.29 is 19.2 Å². The zero-order chi connectivity index (χ0) is 25.6. The van der Waals surface area contributed by atoms with E-state index < -0.39 is 35.8 Å². The largest absolute Gasteiger partial charge is 0.348 e. The number of hydrogen-bond donors (Lipinski definition) is 6. The topological polar surface area (TPSA) is 185 Å². The van der Waals surface area contributed by atoms with E-state index in [1.54, 1.807) is 6.92 Å². The Bertz CT molecular complexity index is 964. The lowest BCUT2D eigenvalue weighted by molar-refractivity contribution is -0.132. The van der Waals surface area contributed by atoms with Gasteiger partial charge in [0.2, 0.25) is 17.7 Å². The normalized spacial score (nSPS) is 13.3. The van der Waals surface area contributed by atoms with Gasteiger partial charge in [0.05, 0.1) is 24.6 Å². The second-order valence-electron chi connectivity index (χ2n) is 8.29. The number of rotatable bonds is 15. The first-order chi connectivity index (χ1) is 16.9. The number of aromatic nitrogens is 2. The minimum Gasteiger partial charge on any atom is -0.348 e. The molecule has 0 saturated heterocycles.